The van der Waals surface area contributed by atoms with E-state index in [0.29, 0.717) is 0 Å². The van der Waals surface area contributed by atoms with E-state index in [1.807, 2.05) is 0 Å². The van der Waals surface area contributed by atoms with Crippen LogP contribution in [-0.4, -0.2) is 28.9 Å². The Morgan fingerprint density at radius 3 is 2.33 bits per heavy atom. The van der Waals surface area contributed by atoms with Crippen molar-refractivity contribution in [1.29, 1.82) is 0 Å². The smallest absolute Gasteiger partial charge is 0.386 e. The Balaban J connectivity index is 3.57. The van der Waals surface area contributed by atoms with Gasteiger partial charge in [0.25, 0.3) is 0 Å². The molecule has 1 atom stereocenters. The maximum Gasteiger partial charge on any atom is 0.389 e. The van der Waals surface area contributed by atoms with E-state index >= 15 is 0 Å². The van der Waals surface area contributed by atoms with E-state index in [-0.39, 0.29) is 0 Å². The molecule has 0 fully saturated rings. The highest BCUT2D eigenvalue weighted by Crippen LogP contribution is 2.22. The second kappa shape index (κ2) is 4.24. The van der Waals surface area contributed by atoms with Crippen LogP contribution in [0.25, 0.3) is 0 Å². The van der Waals surface area contributed by atoms with E-state index in [9.17, 15) is 23.3 Å². The molecular weight excluding hydrogens is 179 g/mol. The highest BCUT2D eigenvalue weighted by molar-refractivity contribution is 4.58. The van der Waals surface area contributed by atoms with Gasteiger partial charge in [0, 0.05) is 11.3 Å². The van der Waals surface area contributed by atoms with Crippen molar-refractivity contribution in [2.45, 2.75) is 25.1 Å². The number of halogens is 3. The maximum atomic E-state index is 11.5. The summed E-state index contributed by atoms with van der Waals surface area (Å²) in [5.41, 5.74) is 0. The molecule has 7 heteroatoms. The fourth-order valence-electron chi connectivity index (χ4n) is 0.594. The van der Waals surface area contributed by atoms with Gasteiger partial charge in [0.05, 0.1) is 0 Å². The number of alkyl halides is 3. The van der Waals surface area contributed by atoms with Crippen LogP contribution in [0.2, 0.25) is 0 Å². The third-order valence-corrected chi connectivity index (χ3v) is 1.12. The van der Waals surface area contributed by atoms with Gasteiger partial charge in [0.1, 0.15) is 6.10 Å². The molecule has 1 N–H and O–H groups in total. The third kappa shape index (κ3) is 7.26. The molecule has 0 rings (SSSR count). The van der Waals surface area contributed by atoms with Crippen LogP contribution >= 0.6 is 0 Å². The lowest BCUT2D eigenvalue weighted by molar-refractivity contribution is -0.490. The SMILES string of the molecule is O=[N+]([O-])CC(O)CCC(F)(F)F. The van der Waals surface area contributed by atoms with Crippen LogP contribution in [0.4, 0.5) is 13.2 Å². The molecule has 0 bridgehead atoms. The van der Waals surface area contributed by atoms with Crippen molar-refractivity contribution in [2.24, 2.45) is 0 Å². The summed E-state index contributed by atoms with van der Waals surface area (Å²) in [5.74, 6) is 0. The highest BCUT2D eigenvalue weighted by atomic mass is 19.4. The number of hydrogen-bond acceptors (Lipinski definition) is 3. The summed E-state index contributed by atoms with van der Waals surface area (Å²) in [6.07, 6.45) is -7.69. The average molecular weight is 187 g/mol. The van der Waals surface area contributed by atoms with Crippen molar-refractivity contribution in [3.05, 3.63) is 10.1 Å². The average Bonchev–Trinajstić information content (AvgIpc) is 1.80. The van der Waals surface area contributed by atoms with E-state index < -0.39 is 36.6 Å². The standard InChI is InChI=1S/C5H8F3NO3/c6-5(7,8)2-1-4(10)3-9(11)12/h4,10H,1-3H2. The van der Waals surface area contributed by atoms with Crippen molar-refractivity contribution in [1.82, 2.24) is 0 Å². The van der Waals surface area contributed by atoms with Crippen molar-refractivity contribution in [3.8, 4) is 0 Å². The number of rotatable bonds is 4. The van der Waals surface area contributed by atoms with E-state index in [1.54, 1.807) is 0 Å². The molecule has 0 aromatic carbocycles. The Morgan fingerprint density at radius 1 is 1.50 bits per heavy atom. The molecule has 0 spiro atoms. The van der Waals surface area contributed by atoms with Crippen LogP contribution in [0.3, 0.4) is 0 Å². The minimum atomic E-state index is -4.36. The van der Waals surface area contributed by atoms with Gasteiger partial charge in [-0.3, -0.25) is 10.1 Å². The fourth-order valence-corrected chi connectivity index (χ4v) is 0.594. The molecule has 0 aliphatic carbocycles. The third-order valence-electron chi connectivity index (χ3n) is 1.12. The molecule has 72 valence electrons. The largest absolute Gasteiger partial charge is 0.389 e. The summed E-state index contributed by atoms with van der Waals surface area (Å²) < 4.78 is 34.4. The number of aliphatic hydroxyl groups excluding tert-OH is 1. The number of nitro groups is 1. The van der Waals surface area contributed by atoms with Crippen LogP contribution in [0.5, 0.6) is 0 Å². The molecular formula is C5H8F3NO3. The Bertz CT molecular complexity index is 159. The van der Waals surface area contributed by atoms with E-state index in [0.717, 1.165) is 0 Å². The quantitative estimate of drug-likeness (QED) is 0.526. The molecule has 0 amide bonds. The van der Waals surface area contributed by atoms with Gasteiger partial charge in [-0.15, -0.1) is 0 Å². The molecule has 0 saturated carbocycles. The van der Waals surface area contributed by atoms with Gasteiger partial charge in [-0.05, 0) is 6.42 Å². The summed E-state index contributed by atoms with van der Waals surface area (Å²) in [6, 6.07) is 0. The maximum absolute atomic E-state index is 11.5. The second-order valence-electron chi connectivity index (χ2n) is 2.32. The highest BCUT2D eigenvalue weighted by Gasteiger charge is 2.28. The zero-order chi connectivity index (χ0) is 9.78. The first-order valence-electron chi connectivity index (χ1n) is 3.18. The minimum Gasteiger partial charge on any atom is -0.386 e. The normalized spacial score (nSPS) is 14.3. The summed E-state index contributed by atoms with van der Waals surface area (Å²) in [4.78, 5) is 8.85. The molecule has 1 unspecified atom stereocenters. The zero-order valence-corrected chi connectivity index (χ0v) is 6.04. The van der Waals surface area contributed by atoms with Gasteiger partial charge in [-0.1, -0.05) is 0 Å². The van der Waals surface area contributed by atoms with Crippen LogP contribution in [0.15, 0.2) is 0 Å². The van der Waals surface area contributed by atoms with Crippen LogP contribution in [0.1, 0.15) is 12.8 Å². The topological polar surface area (TPSA) is 63.4 Å². The van der Waals surface area contributed by atoms with Crippen LogP contribution in [-0.2, 0) is 0 Å². The number of aliphatic hydroxyl groups is 1. The molecule has 4 nitrogen and oxygen atoms in total. The molecule has 0 heterocycles. The minimum absolute atomic E-state index is 0.621. The molecule has 0 aliphatic rings. The van der Waals surface area contributed by atoms with Gasteiger partial charge in [-0.2, -0.15) is 13.2 Å². The lowest BCUT2D eigenvalue weighted by Crippen LogP contribution is -2.22. The summed E-state index contributed by atoms with van der Waals surface area (Å²) in [5, 5.41) is 18.3. The zero-order valence-electron chi connectivity index (χ0n) is 6.04. The lowest BCUT2D eigenvalue weighted by atomic mass is 10.2. The summed E-state index contributed by atoms with van der Waals surface area (Å²) in [6.45, 7) is -0.837. The van der Waals surface area contributed by atoms with Crippen LogP contribution < -0.4 is 0 Å². The fraction of sp³-hybridized carbons (Fsp3) is 1.00. The second-order valence-corrected chi connectivity index (χ2v) is 2.32. The molecule has 0 aromatic rings. The van der Waals surface area contributed by atoms with Gasteiger partial charge in [0.15, 0.2) is 0 Å². The van der Waals surface area contributed by atoms with Gasteiger partial charge in [-0.25, -0.2) is 0 Å². The van der Waals surface area contributed by atoms with E-state index in [1.165, 1.54) is 0 Å². The predicted octanol–water partition coefficient (Wildman–Crippen LogP) is 0.967. The predicted molar refractivity (Wildman–Crippen MR) is 33.2 cm³/mol. The number of nitrogens with zero attached hydrogens (tertiary/aromatic N) is 1. The first-order chi connectivity index (χ1) is 5.31. The summed E-state index contributed by atoms with van der Waals surface area (Å²) >= 11 is 0. The molecule has 0 saturated heterocycles. The molecule has 12 heavy (non-hydrogen) atoms. The Morgan fingerprint density at radius 2 is 2.00 bits per heavy atom. The van der Waals surface area contributed by atoms with Gasteiger partial charge >= 0.3 is 6.18 Å². The van der Waals surface area contributed by atoms with Crippen LogP contribution in [0, 0.1) is 10.1 Å². The Kier molecular flexibility index (Phi) is 3.94. The number of hydrogen-bond donors (Lipinski definition) is 1. The first-order valence-corrected chi connectivity index (χ1v) is 3.18. The Labute approximate surface area is 66.1 Å². The molecule has 0 aromatic heterocycles. The lowest BCUT2D eigenvalue weighted by Gasteiger charge is -2.07. The van der Waals surface area contributed by atoms with Crippen molar-refractivity contribution in [3.63, 3.8) is 0 Å². The molecule has 0 radical (unpaired) electrons. The van der Waals surface area contributed by atoms with E-state index in [4.69, 9.17) is 5.11 Å². The first kappa shape index (κ1) is 11.2. The van der Waals surface area contributed by atoms with E-state index in [2.05, 4.69) is 0 Å². The monoisotopic (exact) mass is 187 g/mol. The summed E-state index contributed by atoms with van der Waals surface area (Å²) in [7, 11) is 0. The Hall–Kier alpha value is -0.850. The van der Waals surface area contributed by atoms with Crippen molar-refractivity contribution >= 4 is 0 Å². The van der Waals surface area contributed by atoms with Crippen molar-refractivity contribution in [2.75, 3.05) is 6.54 Å². The van der Waals surface area contributed by atoms with Crippen molar-refractivity contribution < 1.29 is 23.2 Å². The van der Waals surface area contributed by atoms with Gasteiger partial charge in [0.2, 0.25) is 6.54 Å². The van der Waals surface area contributed by atoms with Gasteiger partial charge < -0.3 is 5.11 Å². The molecule has 0 aliphatic heterocycles.